The molecule has 0 spiro atoms. The largest absolute Gasteiger partial charge is 0.462 e. The van der Waals surface area contributed by atoms with Crippen LogP contribution in [0.15, 0.2) is 47.6 Å². The Balaban J connectivity index is 1.86. The Morgan fingerprint density at radius 2 is 1.91 bits per heavy atom. The van der Waals surface area contributed by atoms with Crippen molar-refractivity contribution in [2.45, 2.75) is 27.3 Å². The van der Waals surface area contributed by atoms with Gasteiger partial charge < -0.3 is 14.7 Å². The molecule has 0 bridgehead atoms. The molecule has 172 valence electrons. The highest BCUT2D eigenvalue weighted by Crippen LogP contribution is 2.27. The fraction of sp³-hybridized carbons (Fsp3) is 0.217. The maximum atomic E-state index is 12.1. The fourth-order valence-corrected chi connectivity index (χ4v) is 3.98. The van der Waals surface area contributed by atoms with E-state index in [9.17, 15) is 14.9 Å². The van der Waals surface area contributed by atoms with Gasteiger partial charge in [-0.1, -0.05) is 29.3 Å². The summed E-state index contributed by atoms with van der Waals surface area (Å²) < 4.78 is 6.78. The van der Waals surface area contributed by atoms with Crippen LogP contribution in [0.3, 0.4) is 0 Å². The van der Waals surface area contributed by atoms with E-state index in [0.29, 0.717) is 22.3 Å². The number of carbonyl (C=O) groups is 1. The van der Waals surface area contributed by atoms with E-state index >= 15 is 0 Å². The highest BCUT2D eigenvalue weighted by atomic mass is 35.5. The predicted octanol–water partition coefficient (Wildman–Crippen LogP) is 5.61. The Hall–Kier alpha value is -3.36. The van der Waals surface area contributed by atoms with Crippen molar-refractivity contribution in [1.82, 2.24) is 9.99 Å². The highest BCUT2D eigenvalue weighted by Gasteiger charge is 2.23. The third-order valence-corrected chi connectivity index (χ3v) is 5.72. The predicted molar refractivity (Wildman–Crippen MR) is 129 cm³/mol. The van der Waals surface area contributed by atoms with Crippen molar-refractivity contribution in [3.8, 4) is 5.69 Å². The fourth-order valence-electron chi connectivity index (χ4n) is 3.45. The molecule has 0 saturated carbocycles. The van der Waals surface area contributed by atoms with E-state index in [0.717, 1.165) is 22.5 Å². The number of nitro benzene ring substituents is 1. The zero-order valence-corrected chi connectivity index (χ0v) is 19.8. The number of aryl methyl sites for hydroxylation is 1. The van der Waals surface area contributed by atoms with Crippen molar-refractivity contribution in [3.05, 3.63) is 90.7 Å². The standard InChI is InChI=1S/C23H22Cl2N4O4/c1-4-33-23(30)18-9-8-17(11-22(18)29(31)32)28-14(2)10-16(15(28)3)12-26-27-13-19-20(24)6-5-7-21(19)25/h5-12,27H,4,13H2,1-3H3/b26-12+. The van der Waals surface area contributed by atoms with Crippen LogP contribution < -0.4 is 5.43 Å². The molecule has 3 rings (SSSR count). The van der Waals surface area contributed by atoms with Gasteiger partial charge in [-0.25, -0.2) is 4.79 Å². The van der Waals surface area contributed by atoms with Gasteiger partial charge in [-0.05, 0) is 51.1 Å². The summed E-state index contributed by atoms with van der Waals surface area (Å²) in [5.74, 6) is -0.728. The number of nitrogens with zero attached hydrogens (tertiary/aromatic N) is 3. The van der Waals surface area contributed by atoms with Crippen molar-refractivity contribution in [2.24, 2.45) is 5.10 Å². The van der Waals surface area contributed by atoms with Gasteiger partial charge in [0.05, 0.1) is 30.0 Å². The minimum atomic E-state index is -0.728. The van der Waals surface area contributed by atoms with Gasteiger partial charge in [-0.3, -0.25) is 10.1 Å². The minimum absolute atomic E-state index is 0.0859. The SMILES string of the molecule is CCOC(=O)c1ccc(-n2c(C)cc(/C=N/NCc3c(Cl)cccc3Cl)c2C)cc1[N+](=O)[O-]. The zero-order chi connectivity index (χ0) is 24.1. The van der Waals surface area contributed by atoms with Crippen LogP contribution >= 0.6 is 23.2 Å². The van der Waals surface area contributed by atoms with Gasteiger partial charge in [0.2, 0.25) is 0 Å². The number of rotatable bonds is 8. The van der Waals surface area contributed by atoms with Gasteiger partial charge in [-0.15, -0.1) is 0 Å². The molecular formula is C23H22Cl2N4O4. The quantitative estimate of drug-likeness (QED) is 0.192. The van der Waals surface area contributed by atoms with Crippen LogP contribution in [-0.4, -0.2) is 28.3 Å². The second-order valence-electron chi connectivity index (χ2n) is 7.13. The van der Waals surface area contributed by atoms with E-state index in [4.69, 9.17) is 27.9 Å². The number of esters is 1. The summed E-state index contributed by atoms with van der Waals surface area (Å²) in [6.45, 7) is 5.89. The summed E-state index contributed by atoms with van der Waals surface area (Å²) in [5.41, 5.74) is 6.33. The van der Waals surface area contributed by atoms with Gasteiger partial charge >= 0.3 is 5.97 Å². The summed E-state index contributed by atoms with van der Waals surface area (Å²) in [7, 11) is 0. The van der Waals surface area contributed by atoms with E-state index in [1.807, 2.05) is 24.5 Å². The molecule has 0 aliphatic carbocycles. The average molecular weight is 489 g/mol. The smallest absolute Gasteiger partial charge is 0.345 e. The van der Waals surface area contributed by atoms with Crippen LogP contribution in [0.1, 0.15) is 39.8 Å². The minimum Gasteiger partial charge on any atom is -0.462 e. The van der Waals surface area contributed by atoms with Gasteiger partial charge in [0.1, 0.15) is 5.56 Å². The van der Waals surface area contributed by atoms with Crippen LogP contribution in [0.2, 0.25) is 10.0 Å². The lowest BCUT2D eigenvalue weighted by Crippen LogP contribution is -2.09. The van der Waals surface area contributed by atoms with Gasteiger partial charge in [0.25, 0.3) is 5.69 Å². The number of aromatic nitrogens is 1. The Bertz CT molecular complexity index is 1220. The molecule has 2 aromatic carbocycles. The van der Waals surface area contributed by atoms with Crippen molar-refractivity contribution in [1.29, 1.82) is 0 Å². The Morgan fingerprint density at radius 3 is 2.55 bits per heavy atom. The van der Waals surface area contributed by atoms with Crippen molar-refractivity contribution >= 4 is 41.1 Å². The molecule has 1 heterocycles. The number of benzene rings is 2. The molecule has 1 aromatic heterocycles. The molecule has 1 N–H and O–H groups in total. The highest BCUT2D eigenvalue weighted by molar-refractivity contribution is 6.35. The number of nitro groups is 1. The molecule has 0 aliphatic heterocycles. The third kappa shape index (κ3) is 5.35. The maximum absolute atomic E-state index is 12.1. The van der Waals surface area contributed by atoms with Crippen LogP contribution in [0.4, 0.5) is 5.69 Å². The number of hydrazone groups is 1. The molecule has 8 nitrogen and oxygen atoms in total. The van der Waals surface area contributed by atoms with Crippen molar-refractivity contribution in [3.63, 3.8) is 0 Å². The van der Waals surface area contributed by atoms with E-state index in [1.165, 1.54) is 12.1 Å². The Kier molecular flexibility index (Phi) is 7.73. The molecule has 3 aromatic rings. The Labute approximate surface area is 200 Å². The molecule has 0 amide bonds. The number of hydrogen-bond donors (Lipinski definition) is 1. The average Bonchev–Trinajstić information content (AvgIpc) is 3.05. The molecule has 0 aliphatic rings. The van der Waals surface area contributed by atoms with Crippen LogP contribution in [0, 0.1) is 24.0 Å². The lowest BCUT2D eigenvalue weighted by molar-refractivity contribution is -0.385. The van der Waals surface area contributed by atoms with Crippen LogP contribution in [0.25, 0.3) is 5.69 Å². The van der Waals surface area contributed by atoms with E-state index < -0.39 is 10.9 Å². The first-order valence-electron chi connectivity index (χ1n) is 10.1. The van der Waals surface area contributed by atoms with E-state index in [-0.39, 0.29) is 17.9 Å². The number of halogens is 2. The van der Waals surface area contributed by atoms with Crippen LogP contribution in [-0.2, 0) is 11.3 Å². The molecule has 33 heavy (non-hydrogen) atoms. The summed E-state index contributed by atoms with van der Waals surface area (Å²) in [4.78, 5) is 23.1. The second-order valence-corrected chi connectivity index (χ2v) is 7.95. The first-order chi connectivity index (χ1) is 15.7. The van der Waals surface area contributed by atoms with Crippen molar-refractivity contribution < 1.29 is 14.5 Å². The molecule has 0 unspecified atom stereocenters. The van der Waals surface area contributed by atoms with E-state index in [1.54, 1.807) is 37.4 Å². The number of carbonyl (C=O) groups excluding carboxylic acids is 1. The normalized spacial score (nSPS) is 11.1. The second kappa shape index (κ2) is 10.5. The summed E-state index contributed by atoms with van der Waals surface area (Å²) in [6.07, 6.45) is 1.66. The number of nitrogens with one attached hydrogen (secondary N) is 1. The topological polar surface area (TPSA) is 98.8 Å². The first-order valence-corrected chi connectivity index (χ1v) is 10.8. The molecule has 0 fully saturated rings. The molecule has 0 saturated heterocycles. The van der Waals surface area contributed by atoms with Crippen molar-refractivity contribution in [2.75, 3.05) is 6.61 Å². The first kappa shape index (κ1) is 24.3. The van der Waals surface area contributed by atoms with Crippen LogP contribution in [0.5, 0.6) is 0 Å². The summed E-state index contributed by atoms with van der Waals surface area (Å²) in [5, 5.41) is 16.9. The van der Waals surface area contributed by atoms with Gasteiger partial charge in [0.15, 0.2) is 0 Å². The maximum Gasteiger partial charge on any atom is 0.345 e. The Morgan fingerprint density at radius 1 is 1.21 bits per heavy atom. The van der Waals surface area contributed by atoms with E-state index in [2.05, 4.69) is 10.5 Å². The van der Waals surface area contributed by atoms with Gasteiger partial charge in [0, 0.05) is 38.6 Å². The molecule has 10 heteroatoms. The lowest BCUT2D eigenvalue weighted by atomic mass is 10.1. The lowest BCUT2D eigenvalue weighted by Gasteiger charge is -2.11. The number of hydrogen-bond acceptors (Lipinski definition) is 6. The molecular weight excluding hydrogens is 467 g/mol. The summed E-state index contributed by atoms with van der Waals surface area (Å²) >= 11 is 12.3. The molecule has 0 atom stereocenters. The molecule has 0 radical (unpaired) electrons. The summed E-state index contributed by atoms with van der Waals surface area (Å²) in [6, 6.07) is 11.6. The third-order valence-electron chi connectivity index (χ3n) is 5.01. The van der Waals surface area contributed by atoms with Gasteiger partial charge in [-0.2, -0.15) is 5.10 Å². The number of ether oxygens (including phenoxy) is 1. The zero-order valence-electron chi connectivity index (χ0n) is 18.3. The monoisotopic (exact) mass is 488 g/mol.